The number of nitrogens with one attached hydrogen (secondary N) is 1. The van der Waals surface area contributed by atoms with Gasteiger partial charge in [0.2, 0.25) is 0 Å². The van der Waals surface area contributed by atoms with E-state index in [1.807, 2.05) is 96.7 Å². The van der Waals surface area contributed by atoms with Crippen molar-refractivity contribution in [3.8, 4) is 5.75 Å². The minimum absolute atomic E-state index is 0.234. The molecule has 0 aliphatic rings. The molecule has 5 heteroatoms. The Kier molecular flexibility index (Phi) is 8.52. The van der Waals surface area contributed by atoms with E-state index in [-0.39, 0.29) is 5.91 Å². The Bertz CT molecular complexity index is 1190. The molecule has 0 atom stereocenters. The molecule has 0 aromatic heterocycles. The maximum Gasteiger partial charge on any atom is 0.271 e. The highest BCUT2D eigenvalue weighted by molar-refractivity contribution is 7.97. The lowest BCUT2D eigenvalue weighted by Crippen LogP contribution is -2.17. The number of carbonyl (C=O) groups is 1. The molecule has 0 saturated heterocycles. The van der Waals surface area contributed by atoms with Gasteiger partial charge in [-0.15, -0.1) is 0 Å². The summed E-state index contributed by atoms with van der Waals surface area (Å²) in [6.45, 7) is 0.523. The van der Waals surface area contributed by atoms with Gasteiger partial charge in [-0.1, -0.05) is 72.8 Å². The van der Waals surface area contributed by atoms with Crippen LogP contribution >= 0.6 is 11.8 Å². The van der Waals surface area contributed by atoms with Crippen molar-refractivity contribution < 1.29 is 9.53 Å². The van der Waals surface area contributed by atoms with E-state index < -0.39 is 0 Å². The third-order valence-corrected chi connectivity index (χ3v) is 6.18. The van der Waals surface area contributed by atoms with Crippen molar-refractivity contribution in [2.45, 2.75) is 18.1 Å². The van der Waals surface area contributed by atoms with Gasteiger partial charge in [0.1, 0.15) is 12.4 Å². The number of hydrazone groups is 1. The number of ether oxygens (including phenoxy) is 1. The molecule has 4 aromatic rings. The summed E-state index contributed by atoms with van der Waals surface area (Å²) in [4.78, 5) is 12.4. The zero-order valence-corrected chi connectivity index (χ0v) is 19.6. The molecule has 170 valence electrons. The first-order valence-electron chi connectivity index (χ1n) is 11.1. The molecule has 0 aliphatic heterocycles. The molecule has 1 amide bonds. The maximum absolute atomic E-state index is 12.4. The number of nitrogens with zero attached hydrogens (tertiary/aromatic N) is 1. The highest BCUT2D eigenvalue weighted by atomic mass is 32.2. The van der Waals surface area contributed by atoms with E-state index in [9.17, 15) is 4.79 Å². The molecule has 0 spiro atoms. The monoisotopic (exact) mass is 466 g/mol. The van der Waals surface area contributed by atoms with Gasteiger partial charge in [0, 0.05) is 17.1 Å². The molecule has 0 unspecified atom stereocenters. The summed E-state index contributed by atoms with van der Waals surface area (Å²) in [6.07, 6.45) is 1.62. The van der Waals surface area contributed by atoms with Crippen molar-refractivity contribution in [3.05, 3.63) is 137 Å². The maximum atomic E-state index is 12.4. The van der Waals surface area contributed by atoms with Gasteiger partial charge < -0.3 is 4.74 Å². The quantitative estimate of drug-likeness (QED) is 0.215. The van der Waals surface area contributed by atoms with E-state index in [0.717, 1.165) is 28.4 Å². The Morgan fingerprint density at radius 1 is 0.735 bits per heavy atom. The summed E-state index contributed by atoms with van der Waals surface area (Å²) in [5.74, 6) is 2.42. The Morgan fingerprint density at radius 3 is 1.97 bits per heavy atom. The molecule has 4 nitrogen and oxygen atoms in total. The highest BCUT2D eigenvalue weighted by Gasteiger charge is 2.04. The van der Waals surface area contributed by atoms with Crippen molar-refractivity contribution >= 4 is 23.9 Å². The summed E-state index contributed by atoms with van der Waals surface area (Å²) in [5, 5.41) is 4.08. The van der Waals surface area contributed by atoms with Crippen LogP contribution in [0.5, 0.6) is 5.75 Å². The third kappa shape index (κ3) is 7.36. The molecule has 0 bridgehead atoms. The Balaban J connectivity index is 1.21. The SMILES string of the molecule is O=C(N/N=C\c1ccc(OCc2ccccc2)cc1)c1ccc(CSCc2ccccc2)cc1. The molecule has 4 aromatic carbocycles. The van der Waals surface area contributed by atoms with Gasteiger partial charge in [0.25, 0.3) is 5.91 Å². The van der Waals surface area contributed by atoms with Crippen LogP contribution in [0.4, 0.5) is 0 Å². The molecule has 0 heterocycles. The van der Waals surface area contributed by atoms with Crippen LogP contribution in [-0.4, -0.2) is 12.1 Å². The van der Waals surface area contributed by atoms with Crippen LogP contribution in [0.3, 0.4) is 0 Å². The minimum atomic E-state index is -0.234. The fourth-order valence-electron chi connectivity index (χ4n) is 3.23. The van der Waals surface area contributed by atoms with E-state index in [0.29, 0.717) is 12.2 Å². The molecular formula is C29H26N2O2S. The van der Waals surface area contributed by atoms with Gasteiger partial charge in [0.05, 0.1) is 6.21 Å². The Morgan fingerprint density at radius 2 is 1.32 bits per heavy atom. The predicted octanol–water partition coefficient (Wildman–Crippen LogP) is 6.46. The summed E-state index contributed by atoms with van der Waals surface area (Å²) < 4.78 is 5.79. The number of benzene rings is 4. The topological polar surface area (TPSA) is 50.7 Å². The van der Waals surface area contributed by atoms with Crippen LogP contribution in [-0.2, 0) is 18.1 Å². The molecule has 0 fully saturated rings. The number of rotatable bonds is 10. The van der Waals surface area contributed by atoms with Crippen molar-refractivity contribution in [1.82, 2.24) is 5.43 Å². The molecule has 34 heavy (non-hydrogen) atoms. The Labute approximate surface area is 204 Å². The van der Waals surface area contributed by atoms with E-state index >= 15 is 0 Å². The van der Waals surface area contributed by atoms with Gasteiger partial charge in [0.15, 0.2) is 0 Å². The molecule has 4 rings (SSSR count). The summed E-state index contributed by atoms with van der Waals surface area (Å²) in [6, 6.07) is 35.7. The first-order chi connectivity index (χ1) is 16.8. The van der Waals surface area contributed by atoms with Crippen LogP contribution in [0.25, 0.3) is 0 Å². The zero-order valence-electron chi connectivity index (χ0n) is 18.8. The predicted molar refractivity (Wildman–Crippen MR) is 140 cm³/mol. The molecule has 0 aliphatic carbocycles. The van der Waals surface area contributed by atoms with Crippen LogP contribution < -0.4 is 10.2 Å². The highest BCUT2D eigenvalue weighted by Crippen LogP contribution is 2.18. The lowest BCUT2D eigenvalue weighted by Gasteiger charge is -2.06. The average molecular weight is 467 g/mol. The van der Waals surface area contributed by atoms with E-state index in [2.05, 4.69) is 34.8 Å². The van der Waals surface area contributed by atoms with Crippen LogP contribution in [0, 0.1) is 0 Å². The van der Waals surface area contributed by atoms with Gasteiger partial charge in [-0.3, -0.25) is 4.79 Å². The molecule has 0 saturated carbocycles. The van der Waals surface area contributed by atoms with Crippen LogP contribution in [0.2, 0.25) is 0 Å². The number of amides is 1. The fourth-order valence-corrected chi connectivity index (χ4v) is 4.19. The second-order valence-corrected chi connectivity index (χ2v) is 8.70. The minimum Gasteiger partial charge on any atom is -0.489 e. The second kappa shape index (κ2) is 12.4. The number of hydrogen-bond acceptors (Lipinski definition) is 4. The normalized spacial score (nSPS) is 10.8. The fraction of sp³-hybridized carbons (Fsp3) is 0.103. The van der Waals surface area contributed by atoms with Crippen LogP contribution in [0.15, 0.2) is 114 Å². The standard InChI is InChI=1S/C29H26N2O2S/c32-29(27-15-11-26(12-16-27)22-34-21-25-9-5-2-6-10-25)31-30-19-23-13-17-28(18-14-23)33-20-24-7-3-1-4-8-24/h1-19H,20-22H2,(H,31,32)/b30-19-. The molecular weight excluding hydrogens is 440 g/mol. The summed E-state index contributed by atoms with van der Waals surface area (Å²) in [5.41, 5.74) is 7.67. The summed E-state index contributed by atoms with van der Waals surface area (Å²) in [7, 11) is 0. The lowest BCUT2D eigenvalue weighted by molar-refractivity contribution is 0.0955. The summed E-state index contributed by atoms with van der Waals surface area (Å²) >= 11 is 1.85. The van der Waals surface area contributed by atoms with Gasteiger partial charge in [-0.25, -0.2) is 5.43 Å². The van der Waals surface area contributed by atoms with E-state index in [1.165, 1.54) is 11.1 Å². The third-order valence-electron chi connectivity index (χ3n) is 5.10. The van der Waals surface area contributed by atoms with E-state index in [1.54, 1.807) is 6.21 Å². The van der Waals surface area contributed by atoms with Crippen molar-refractivity contribution in [2.24, 2.45) is 5.10 Å². The van der Waals surface area contributed by atoms with Gasteiger partial charge in [-0.2, -0.15) is 16.9 Å². The number of thioether (sulfide) groups is 1. The van der Waals surface area contributed by atoms with Crippen molar-refractivity contribution in [1.29, 1.82) is 0 Å². The second-order valence-electron chi connectivity index (χ2n) is 7.72. The largest absolute Gasteiger partial charge is 0.489 e. The molecule has 1 N–H and O–H groups in total. The van der Waals surface area contributed by atoms with Gasteiger partial charge >= 0.3 is 0 Å². The van der Waals surface area contributed by atoms with Gasteiger partial charge in [-0.05, 0) is 58.7 Å². The molecule has 0 radical (unpaired) electrons. The number of hydrogen-bond donors (Lipinski definition) is 1. The lowest BCUT2D eigenvalue weighted by atomic mass is 10.1. The first kappa shape index (κ1) is 23.3. The first-order valence-corrected chi connectivity index (χ1v) is 12.2. The van der Waals surface area contributed by atoms with Crippen molar-refractivity contribution in [2.75, 3.05) is 0 Å². The van der Waals surface area contributed by atoms with Crippen molar-refractivity contribution in [3.63, 3.8) is 0 Å². The van der Waals surface area contributed by atoms with E-state index in [4.69, 9.17) is 4.74 Å². The Hall–Kier alpha value is -3.83. The van der Waals surface area contributed by atoms with Crippen LogP contribution in [0.1, 0.15) is 32.6 Å². The zero-order chi connectivity index (χ0) is 23.4. The smallest absolute Gasteiger partial charge is 0.271 e. The number of carbonyl (C=O) groups excluding carboxylic acids is 1. The average Bonchev–Trinajstić information content (AvgIpc) is 2.90.